The lowest BCUT2D eigenvalue weighted by atomic mass is 9.93. The van der Waals surface area contributed by atoms with Crippen LogP contribution >= 0.6 is 23.1 Å². The minimum absolute atomic E-state index is 0.265. The molecule has 0 radical (unpaired) electrons. The lowest BCUT2D eigenvalue weighted by Crippen LogP contribution is -2.40. The van der Waals surface area contributed by atoms with Gasteiger partial charge < -0.3 is 10.0 Å². The Kier molecular flexibility index (Phi) is 4.09. The molecule has 1 saturated heterocycles. The Bertz CT molecular complexity index is 601. The number of piperidine rings is 1. The van der Waals surface area contributed by atoms with Gasteiger partial charge in [-0.1, -0.05) is 11.8 Å². The average Bonchev–Trinajstić information content (AvgIpc) is 2.90. The average molecular weight is 310 g/mol. The van der Waals surface area contributed by atoms with E-state index < -0.39 is 0 Å². The van der Waals surface area contributed by atoms with E-state index in [0.717, 1.165) is 46.4 Å². The fourth-order valence-corrected chi connectivity index (χ4v) is 4.16. The summed E-state index contributed by atoms with van der Waals surface area (Å²) < 4.78 is 2.08. The van der Waals surface area contributed by atoms with E-state index in [1.165, 1.54) is 0 Å². The zero-order valence-electron chi connectivity index (χ0n) is 11.6. The second-order valence-corrected chi connectivity index (χ2v) is 7.18. The Balaban J connectivity index is 1.94. The van der Waals surface area contributed by atoms with Gasteiger partial charge in [0.15, 0.2) is 15.8 Å². The Hall–Kier alpha value is -0.920. The molecule has 2 atom stereocenters. The van der Waals surface area contributed by atoms with Gasteiger partial charge in [0.1, 0.15) is 11.0 Å². The summed E-state index contributed by atoms with van der Waals surface area (Å²) in [6.45, 7) is 3.72. The molecule has 2 unspecified atom stereocenters. The monoisotopic (exact) mass is 310 g/mol. The lowest BCUT2D eigenvalue weighted by molar-refractivity contribution is 0.115. The number of aliphatic hydroxyl groups is 1. The van der Waals surface area contributed by atoms with Gasteiger partial charge in [0.25, 0.3) is 0 Å². The number of thiazole rings is 1. The number of anilines is 1. The highest BCUT2D eigenvalue weighted by molar-refractivity contribution is 8.00. The maximum absolute atomic E-state index is 9.82. The molecule has 1 aliphatic heterocycles. The zero-order chi connectivity index (χ0) is 14.1. The maximum Gasteiger partial charge on any atom is 0.176 e. The standard InChI is InChI=1S/C13H18N4OS2/c1-8(18)9-4-3-5-17(6-9)12-10-11(14-7-15-12)16-13(19-2)20-10/h7-9,18H,3-6H2,1-2H3. The summed E-state index contributed by atoms with van der Waals surface area (Å²) in [6.07, 6.45) is 5.53. The summed E-state index contributed by atoms with van der Waals surface area (Å²) in [5.41, 5.74) is 0.781. The van der Waals surface area contributed by atoms with Gasteiger partial charge in [-0.15, -0.1) is 11.3 Å². The van der Waals surface area contributed by atoms with E-state index in [9.17, 15) is 5.11 Å². The molecule has 1 N–H and O–H groups in total. The van der Waals surface area contributed by atoms with Gasteiger partial charge in [0.05, 0.1) is 6.10 Å². The number of aromatic nitrogens is 3. The summed E-state index contributed by atoms with van der Waals surface area (Å²) in [5.74, 6) is 1.29. The highest BCUT2D eigenvalue weighted by Gasteiger charge is 2.26. The van der Waals surface area contributed by atoms with Crippen LogP contribution in [0.1, 0.15) is 19.8 Å². The van der Waals surface area contributed by atoms with Crippen LogP contribution in [0.4, 0.5) is 5.82 Å². The molecule has 108 valence electrons. The predicted octanol–water partition coefficient (Wildman–Crippen LogP) is 2.41. The lowest BCUT2D eigenvalue weighted by Gasteiger charge is -2.34. The minimum atomic E-state index is -0.265. The van der Waals surface area contributed by atoms with E-state index in [4.69, 9.17) is 0 Å². The first kappa shape index (κ1) is 14.0. The van der Waals surface area contributed by atoms with Crippen LogP contribution in [0, 0.1) is 5.92 Å². The van der Waals surface area contributed by atoms with Gasteiger partial charge in [-0.25, -0.2) is 15.0 Å². The summed E-state index contributed by atoms with van der Waals surface area (Å²) in [7, 11) is 0. The molecule has 5 nitrogen and oxygen atoms in total. The number of nitrogens with zero attached hydrogens (tertiary/aromatic N) is 4. The zero-order valence-corrected chi connectivity index (χ0v) is 13.2. The van der Waals surface area contributed by atoms with Crippen molar-refractivity contribution in [1.29, 1.82) is 0 Å². The third-order valence-electron chi connectivity index (χ3n) is 3.77. The van der Waals surface area contributed by atoms with E-state index >= 15 is 0 Å². The Labute approximate surface area is 126 Å². The molecule has 0 bridgehead atoms. The molecule has 2 aromatic heterocycles. The van der Waals surface area contributed by atoms with Crippen LogP contribution in [-0.4, -0.2) is 45.5 Å². The molecular formula is C13H18N4OS2. The Morgan fingerprint density at radius 3 is 3.10 bits per heavy atom. The normalized spacial score (nSPS) is 21.4. The molecule has 0 aromatic carbocycles. The summed E-state index contributed by atoms with van der Waals surface area (Å²) in [4.78, 5) is 15.5. The Morgan fingerprint density at radius 2 is 2.35 bits per heavy atom. The third-order valence-corrected chi connectivity index (χ3v) is 5.79. The second kappa shape index (κ2) is 5.83. The van der Waals surface area contributed by atoms with Gasteiger partial charge >= 0.3 is 0 Å². The topological polar surface area (TPSA) is 62.1 Å². The SMILES string of the molecule is CSc1nc2ncnc(N3CCCC(C(C)O)C3)c2s1. The fourth-order valence-electron chi connectivity index (χ4n) is 2.63. The first-order valence-electron chi connectivity index (χ1n) is 6.77. The van der Waals surface area contributed by atoms with Crippen LogP contribution in [0.5, 0.6) is 0 Å². The van der Waals surface area contributed by atoms with Crippen LogP contribution in [0.3, 0.4) is 0 Å². The third kappa shape index (κ3) is 2.62. The molecule has 0 saturated carbocycles. The highest BCUT2D eigenvalue weighted by atomic mass is 32.2. The number of hydrogen-bond donors (Lipinski definition) is 1. The van der Waals surface area contributed by atoms with Gasteiger partial charge in [-0.3, -0.25) is 0 Å². The second-order valence-electron chi connectivity index (χ2n) is 5.12. The summed E-state index contributed by atoms with van der Waals surface area (Å²) in [6, 6.07) is 0. The van der Waals surface area contributed by atoms with Crippen molar-refractivity contribution in [2.45, 2.75) is 30.2 Å². The number of rotatable bonds is 3. The molecule has 0 spiro atoms. The van der Waals surface area contributed by atoms with Crippen LogP contribution in [0.25, 0.3) is 10.3 Å². The van der Waals surface area contributed by atoms with Gasteiger partial charge in [0.2, 0.25) is 0 Å². The molecule has 3 heterocycles. The van der Waals surface area contributed by atoms with Crippen LogP contribution < -0.4 is 4.90 Å². The number of hydrogen-bond acceptors (Lipinski definition) is 7. The van der Waals surface area contributed by atoms with Crippen molar-refractivity contribution >= 4 is 39.3 Å². The van der Waals surface area contributed by atoms with E-state index in [0.29, 0.717) is 5.92 Å². The molecule has 0 aliphatic carbocycles. The largest absolute Gasteiger partial charge is 0.393 e. The van der Waals surface area contributed by atoms with Gasteiger partial charge in [0, 0.05) is 19.0 Å². The molecular weight excluding hydrogens is 292 g/mol. The minimum Gasteiger partial charge on any atom is -0.393 e. The van der Waals surface area contributed by atoms with Crippen molar-refractivity contribution in [3.8, 4) is 0 Å². The maximum atomic E-state index is 9.82. The molecule has 1 fully saturated rings. The van der Waals surface area contributed by atoms with Crippen molar-refractivity contribution in [1.82, 2.24) is 15.0 Å². The van der Waals surface area contributed by atoms with E-state index in [1.807, 2.05) is 13.2 Å². The smallest absolute Gasteiger partial charge is 0.176 e. The van der Waals surface area contributed by atoms with Gasteiger partial charge in [-0.2, -0.15) is 0 Å². The quantitative estimate of drug-likeness (QED) is 0.879. The van der Waals surface area contributed by atoms with Crippen LogP contribution in [0.2, 0.25) is 0 Å². The number of aliphatic hydroxyl groups excluding tert-OH is 1. The summed E-state index contributed by atoms with van der Waals surface area (Å²) >= 11 is 3.29. The van der Waals surface area contributed by atoms with Crippen molar-refractivity contribution < 1.29 is 5.11 Å². The fraction of sp³-hybridized carbons (Fsp3) is 0.615. The molecule has 7 heteroatoms. The van der Waals surface area contributed by atoms with Crippen molar-refractivity contribution in [2.75, 3.05) is 24.2 Å². The van der Waals surface area contributed by atoms with Gasteiger partial charge in [-0.05, 0) is 26.0 Å². The number of fused-ring (bicyclic) bond motifs is 1. The van der Waals surface area contributed by atoms with Crippen LogP contribution in [-0.2, 0) is 0 Å². The highest BCUT2D eigenvalue weighted by Crippen LogP contribution is 2.34. The molecule has 0 amide bonds. The first-order chi connectivity index (χ1) is 9.69. The van der Waals surface area contributed by atoms with Crippen molar-refractivity contribution in [3.63, 3.8) is 0 Å². The predicted molar refractivity (Wildman–Crippen MR) is 83.6 cm³/mol. The van der Waals surface area contributed by atoms with E-state index in [2.05, 4.69) is 19.9 Å². The molecule has 3 rings (SSSR count). The van der Waals surface area contributed by atoms with E-state index in [-0.39, 0.29) is 6.10 Å². The molecule has 2 aromatic rings. The summed E-state index contributed by atoms with van der Waals surface area (Å²) in [5, 5.41) is 9.82. The van der Waals surface area contributed by atoms with Crippen molar-refractivity contribution in [2.24, 2.45) is 5.92 Å². The molecule has 1 aliphatic rings. The molecule has 20 heavy (non-hydrogen) atoms. The van der Waals surface area contributed by atoms with E-state index in [1.54, 1.807) is 29.4 Å². The Morgan fingerprint density at radius 1 is 1.50 bits per heavy atom. The van der Waals surface area contributed by atoms with Crippen molar-refractivity contribution in [3.05, 3.63) is 6.33 Å². The first-order valence-corrected chi connectivity index (χ1v) is 8.81. The van der Waals surface area contributed by atoms with Crippen LogP contribution in [0.15, 0.2) is 10.7 Å². The number of thioether (sulfide) groups is 1.